The van der Waals surface area contributed by atoms with Crippen molar-refractivity contribution < 1.29 is 9.21 Å². The van der Waals surface area contributed by atoms with E-state index < -0.39 is 0 Å². The van der Waals surface area contributed by atoms with Gasteiger partial charge in [0.2, 0.25) is 5.91 Å². The second kappa shape index (κ2) is 6.74. The van der Waals surface area contributed by atoms with Gasteiger partial charge in [0, 0.05) is 12.5 Å². The van der Waals surface area contributed by atoms with E-state index in [1.165, 1.54) is 0 Å². The highest BCUT2D eigenvalue weighted by Gasteiger charge is 2.14. The lowest BCUT2D eigenvalue weighted by Crippen LogP contribution is -2.37. The maximum atomic E-state index is 11.6. The molecule has 90 valence electrons. The molecule has 1 N–H and O–H groups in total. The third-order valence-electron chi connectivity index (χ3n) is 2.44. The largest absolute Gasteiger partial charge is 0.469 e. The van der Waals surface area contributed by atoms with Crippen molar-refractivity contribution >= 4 is 21.8 Å². The Balaban J connectivity index is 2.25. The summed E-state index contributed by atoms with van der Waals surface area (Å²) in [6.45, 7) is 3.99. The highest BCUT2D eigenvalue weighted by Crippen LogP contribution is 2.08. The minimum Gasteiger partial charge on any atom is -0.469 e. The van der Waals surface area contributed by atoms with Crippen LogP contribution in [0.15, 0.2) is 22.8 Å². The average molecular weight is 288 g/mol. The molecule has 1 rings (SSSR count). The van der Waals surface area contributed by atoms with Crippen LogP contribution in [0.3, 0.4) is 0 Å². The van der Waals surface area contributed by atoms with Gasteiger partial charge in [-0.1, -0.05) is 22.9 Å². The number of carbonyl (C=O) groups excluding carboxylic acids is 1. The zero-order chi connectivity index (χ0) is 12.0. The van der Waals surface area contributed by atoms with Crippen molar-refractivity contribution in [2.24, 2.45) is 0 Å². The number of carbonyl (C=O) groups is 1. The minimum atomic E-state index is -0.0847. The lowest BCUT2D eigenvalue weighted by atomic mass is 10.1. The standard InChI is InChI=1S/C12H18BrNO2/c1-3-11(13)12(15)14-9(2)6-7-10-5-4-8-16-10/h4-5,8-9,11H,3,6-7H2,1-2H3,(H,14,15). The highest BCUT2D eigenvalue weighted by atomic mass is 79.9. The van der Waals surface area contributed by atoms with Gasteiger partial charge in [-0.25, -0.2) is 0 Å². The lowest BCUT2D eigenvalue weighted by molar-refractivity contribution is -0.121. The molecule has 4 heteroatoms. The summed E-state index contributed by atoms with van der Waals surface area (Å²) in [4.78, 5) is 11.5. The SMILES string of the molecule is CCC(Br)C(=O)NC(C)CCc1ccco1. The number of amides is 1. The van der Waals surface area contributed by atoms with Crippen molar-refractivity contribution in [1.82, 2.24) is 5.32 Å². The topological polar surface area (TPSA) is 42.2 Å². The number of aryl methyl sites for hydroxylation is 1. The summed E-state index contributed by atoms with van der Waals surface area (Å²) in [7, 11) is 0. The molecule has 0 aliphatic carbocycles. The van der Waals surface area contributed by atoms with Crippen LogP contribution in [0, 0.1) is 0 Å². The molecule has 0 saturated heterocycles. The van der Waals surface area contributed by atoms with Crippen molar-refractivity contribution in [1.29, 1.82) is 0 Å². The first-order valence-electron chi connectivity index (χ1n) is 5.60. The minimum absolute atomic E-state index is 0.0643. The molecule has 0 saturated carbocycles. The van der Waals surface area contributed by atoms with E-state index in [0.29, 0.717) is 0 Å². The van der Waals surface area contributed by atoms with Crippen molar-refractivity contribution in [2.45, 2.75) is 44.0 Å². The maximum Gasteiger partial charge on any atom is 0.233 e. The van der Waals surface area contributed by atoms with Gasteiger partial charge in [0.25, 0.3) is 0 Å². The predicted molar refractivity (Wildman–Crippen MR) is 67.6 cm³/mol. The van der Waals surface area contributed by atoms with Gasteiger partial charge < -0.3 is 9.73 Å². The fourth-order valence-corrected chi connectivity index (χ4v) is 1.54. The number of rotatable bonds is 6. The molecule has 0 spiro atoms. The van der Waals surface area contributed by atoms with Crippen LogP contribution in [-0.2, 0) is 11.2 Å². The van der Waals surface area contributed by atoms with E-state index in [1.54, 1.807) is 6.26 Å². The van der Waals surface area contributed by atoms with Crippen LogP contribution >= 0.6 is 15.9 Å². The van der Waals surface area contributed by atoms with Crippen LogP contribution in [-0.4, -0.2) is 16.8 Å². The molecule has 16 heavy (non-hydrogen) atoms. The number of nitrogens with one attached hydrogen (secondary N) is 1. The van der Waals surface area contributed by atoms with Gasteiger partial charge >= 0.3 is 0 Å². The molecule has 1 aromatic heterocycles. The fraction of sp³-hybridized carbons (Fsp3) is 0.583. The predicted octanol–water partition coefficient (Wildman–Crippen LogP) is 2.89. The summed E-state index contributed by atoms with van der Waals surface area (Å²) in [5.41, 5.74) is 0. The zero-order valence-corrected chi connectivity index (χ0v) is 11.3. The van der Waals surface area contributed by atoms with Gasteiger partial charge in [0.15, 0.2) is 0 Å². The second-order valence-corrected chi connectivity index (χ2v) is 5.01. The molecule has 2 atom stereocenters. The van der Waals surface area contributed by atoms with E-state index in [2.05, 4.69) is 21.2 Å². The molecule has 0 aliphatic heterocycles. The number of hydrogen-bond donors (Lipinski definition) is 1. The first-order valence-corrected chi connectivity index (χ1v) is 6.52. The van der Waals surface area contributed by atoms with Crippen LogP contribution in [0.5, 0.6) is 0 Å². The molecular weight excluding hydrogens is 270 g/mol. The van der Waals surface area contributed by atoms with E-state index in [9.17, 15) is 4.79 Å². The van der Waals surface area contributed by atoms with E-state index in [4.69, 9.17) is 4.42 Å². The Kier molecular flexibility index (Phi) is 5.60. The third-order valence-corrected chi connectivity index (χ3v) is 3.50. The Bertz CT molecular complexity index is 311. The smallest absolute Gasteiger partial charge is 0.233 e. The van der Waals surface area contributed by atoms with Crippen LogP contribution in [0.25, 0.3) is 0 Å². The van der Waals surface area contributed by atoms with Crippen molar-refractivity contribution in [3.05, 3.63) is 24.2 Å². The first-order chi connectivity index (χ1) is 7.63. The Hall–Kier alpha value is -0.770. The van der Waals surface area contributed by atoms with E-state index in [0.717, 1.165) is 25.0 Å². The van der Waals surface area contributed by atoms with Gasteiger partial charge in [-0.05, 0) is 31.9 Å². The van der Waals surface area contributed by atoms with Gasteiger partial charge in [0.1, 0.15) is 5.76 Å². The number of alkyl halides is 1. The Labute approximate surface area is 105 Å². The van der Waals surface area contributed by atoms with Crippen LogP contribution in [0.4, 0.5) is 0 Å². The summed E-state index contributed by atoms with van der Waals surface area (Å²) in [5.74, 6) is 1.03. The first kappa shape index (κ1) is 13.3. The quantitative estimate of drug-likeness (QED) is 0.818. The van der Waals surface area contributed by atoms with E-state index in [1.807, 2.05) is 26.0 Å². The Morgan fingerprint density at radius 2 is 2.38 bits per heavy atom. The molecule has 0 radical (unpaired) electrons. The van der Waals surface area contributed by atoms with Crippen molar-refractivity contribution in [3.8, 4) is 0 Å². The van der Waals surface area contributed by atoms with Gasteiger partial charge in [-0.15, -0.1) is 0 Å². The van der Waals surface area contributed by atoms with Crippen molar-refractivity contribution in [2.75, 3.05) is 0 Å². The molecule has 1 aromatic rings. The highest BCUT2D eigenvalue weighted by molar-refractivity contribution is 9.10. The molecular formula is C12H18BrNO2. The number of halogens is 1. The lowest BCUT2D eigenvalue weighted by Gasteiger charge is -2.15. The molecule has 0 aromatic carbocycles. The third kappa shape index (κ3) is 4.39. The Morgan fingerprint density at radius 1 is 1.62 bits per heavy atom. The monoisotopic (exact) mass is 287 g/mol. The summed E-state index contributed by atoms with van der Waals surface area (Å²) in [6.07, 6.45) is 4.22. The molecule has 0 fully saturated rings. The molecule has 0 aliphatic rings. The maximum absolute atomic E-state index is 11.6. The average Bonchev–Trinajstić information content (AvgIpc) is 2.78. The molecule has 0 bridgehead atoms. The summed E-state index contributed by atoms with van der Waals surface area (Å²) >= 11 is 3.33. The second-order valence-electron chi connectivity index (χ2n) is 3.90. The van der Waals surface area contributed by atoms with Crippen molar-refractivity contribution in [3.63, 3.8) is 0 Å². The van der Waals surface area contributed by atoms with Crippen LogP contribution in [0.2, 0.25) is 0 Å². The van der Waals surface area contributed by atoms with Crippen LogP contribution in [0.1, 0.15) is 32.4 Å². The van der Waals surface area contributed by atoms with E-state index in [-0.39, 0.29) is 16.8 Å². The van der Waals surface area contributed by atoms with Gasteiger partial charge in [-0.3, -0.25) is 4.79 Å². The van der Waals surface area contributed by atoms with E-state index >= 15 is 0 Å². The normalized spacial score (nSPS) is 14.4. The van der Waals surface area contributed by atoms with Gasteiger partial charge in [-0.2, -0.15) is 0 Å². The number of hydrogen-bond acceptors (Lipinski definition) is 2. The van der Waals surface area contributed by atoms with Crippen LogP contribution < -0.4 is 5.32 Å². The summed E-state index contributed by atoms with van der Waals surface area (Å²) < 4.78 is 5.24. The molecule has 3 nitrogen and oxygen atoms in total. The fourth-order valence-electron chi connectivity index (χ4n) is 1.40. The summed E-state index contributed by atoms with van der Waals surface area (Å²) in [6, 6.07) is 4.00. The number of furan rings is 1. The summed E-state index contributed by atoms with van der Waals surface area (Å²) in [5, 5.41) is 2.97. The molecule has 2 unspecified atom stereocenters. The Morgan fingerprint density at radius 3 is 2.94 bits per heavy atom. The van der Waals surface area contributed by atoms with Gasteiger partial charge in [0.05, 0.1) is 11.1 Å². The molecule has 1 heterocycles. The zero-order valence-electron chi connectivity index (χ0n) is 9.70. The molecule has 1 amide bonds.